The number of pyridine rings is 2. The van der Waals surface area contributed by atoms with Crippen molar-refractivity contribution in [2.75, 3.05) is 12.0 Å². The Bertz CT molecular complexity index is 1210. The topological polar surface area (TPSA) is 119 Å². The maximum Gasteiger partial charge on any atom is 0.295 e. The van der Waals surface area contributed by atoms with E-state index in [9.17, 15) is 14.7 Å². The molecule has 0 bridgehead atoms. The molecule has 1 aliphatic heterocycles. The Labute approximate surface area is 196 Å². The summed E-state index contributed by atoms with van der Waals surface area (Å²) in [5.74, 6) is -0.794. The van der Waals surface area contributed by atoms with Crippen molar-refractivity contribution < 1.29 is 24.0 Å². The molecule has 1 aliphatic carbocycles. The minimum Gasteiger partial charge on any atom is -0.503 e. The summed E-state index contributed by atoms with van der Waals surface area (Å²) >= 11 is 0. The van der Waals surface area contributed by atoms with Gasteiger partial charge in [-0.2, -0.15) is 0 Å². The Kier molecular flexibility index (Phi) is 5.83. The number of Topliss-reactive ketones (excluding diaryl/α,β-unsaturated/α-hetero) is 1. The Morgan fingerprint density at radius 2 is 1.91 bits per heavy atom. The number of nitrogens with zero attached hydrogens (tertiary/aromatic N) is 4. The van der Waals surface area contributed by atoms with Crippen LogP contribution in [-0.2, 0) is 4.79 Å². The molecule has 0 spiro atoms. The molecule has 0 radical (unpaired) electrons. The highest BCUT2D eigenvalue weighted by Gasteiger charge is 2.47. The van der Waals surface area contributed by atoms with Gasteiger partial charge in [-0.3, -0.25) is 14.5 Å². The van der Waals surface area contributed by atoms with Gasteiger partial charge in [0.1, 0.15) is 17.8 Å². The van der Waals surface area contributed by atoms with Crippen molar-refractivity contribution >= 4 is 17.5 Å². The van der Waals surface area contributed by atoms with Crippen LogP contribution in [0.2, 0.25) is 0 Å². The fraction of sp³-hybridized carbons (Fsp3) is 0.320. The number of hydrogen-bond donors (Lipinski definition) is 1. The van der Waals surface area contributed by atoms with Gasteiger partial charge in [0.05, 0.1) is 18.7 Å². The van der Waals surface area contributed by atoms with E-state index >= 15 is 0 Å². The largest absolute Gasteiger partial charge is 0.503 e. The molecule has 1 atom stereocenters. The van der Waals surface area contributed by atoms with E-state index in [0.29, 0.717) is 17.4 Å². The number of methoxy groups -OCH3 is 1. The van der Waals surface area contributed by atoms with Gasteiger partial charge in [-0.25, -0.2) is 9.97 Å². The van der Waals surface area contributed by atoms with Crippen LogP contribution in [0.1, 0.15) is 42.5 Å². The molecule has 1 fully saturated rings. The second kappa shape index (κ2) is 9.09. The average Bonchev–Trinajstić information content (AvgIpc) is 3.52. The minimum atomic E-state index is -0.623. The summed E-state index contributed by atoms with van der Waals surface area (Å²) in [6.45, 7) is 0. The lowest BCUT2D eigenvalue weighted by Gasteiger charge is -2.34. The highest BCUT2D eigenvalue weighted by atomic mass is 16.5. The molecule has 4 heterocycles. The van der Waals surface area contributed by atoms with Crippen LogP contribution in [0.25, 0.3) is 11.3 Å². The molecular formula is C25H24N4O5. The van der Waals surface area contributed by atoms with Gasteiger partial charge in [0.25, 0.3) is 5.91 Å². The molecule has 0 aromatic carbocycles. The number of hydrogen-bond acceptors (Lipinski definition) is 8. The molecule has 0 saturated heterocycles. The minimum absolute atomic E-state index is 0.0320. The number of aliphatic hydroxyl groups excluding tert-OH is 1. The zero-order valence-corrected chi connectivity index (χ0v) is 18.7. The van der Waals surface area contributed by atoms with Gasteiger partial charge < -0.3 is 14.4 Å². The van der Waals surface area contributed by atoms with Crippen LogP contribution < -0.4 is 9.64 Å². The summed E-state index contributed by atoms with van der Waals surface area (Å²) in [6, 6.07) is 7.77. The number of amides is 1. The molecule has 9 heteroatoms. The average molecular weight is 460 g/mol. The summed E-state index contributed by atoms with van der Waals surface area (Å²) in [5.41, 5.74) is 1.74. The van der Waals surface area contributed by atoms with Gasteiger partial charge in [-0.05, 0) is 37.0 Å². The molecule has 5 rings (SSSR count). The lowest BCUT2D eigenvalue weighted by molar-refractivity contribution is -0.117. The van der Waals surface area contributed by atoms with Crippen molar-refractivity contribution in [1.29, 1.82) is 0 Å². The van der Waals surface area contributed by atoms with E-state index in [2.05, 4.69) is 15.1 Å². The van der Waals surface area contributed by atoms with Gasteiger partial charge in [-0.1, -0.05) is 24.4 Å². The fourth-order valence-corrected chi connectivity index (χ4v) is 4.84. The smallest absolute Gasteiger partial charge is 0.295 e. The first kappa shape index (κ1) is 21.8. The Hall–Kier alpha value is -4.01. The maximum atomic E-state index is 13.5. The van der Waals surface area contributed by atoms with Crippen LogP contribution in [0.15, 0.2) is 64.8 Å². The number of carbonyl (C=O) groups is 2. The lowest BCUT2D eigenvalue weighted by Crippen LogP contribution is -2.43. The predicted molar refractivity (Wildman–Crippen MR) is 122 cm³/mol. The highest BCUT2D eigenvalue weighted by molar-refractivity contribution is 6.20. The van der Waals surface area contributed by atoms with E-state index in [1.807, 2.05) is 0 Å². The van der Waals surface area contributed by atoms with Crippen LogP contribution in [-0.4, -0.2) is 45.1 Å². The van der Waals surface area contributed by atoms with Crippen molar-refractivity contribution in [2.24, 2.45) is 5.92 Å². The molecule has 3 aromatic rings. The maximum absolute atomic E-state index is 13.5. The molecule has 174 valence electrons. The standard InChI is InChI=1S/C25H24N4O5/c1-33-20-10-8-17(14-27-20)23(30)21-22(15-5-3-2-4-6-15)29(25(32)24(21)31)19-9-7-16(13-26-19)18-11-12-34-28-18/h7-15,22,31H,2-6H2,1H3. The molecular weight excluding hydrogens is 436 g/mol. The molecule has 1 amide bonds. The van der Waals surface area contributed by atoms with Crippen molar-refractivity contribution in [1.82, 2.24) is 15.1 Å². The SMILES string of the molecule is COc1ccc(C(=O)C2=C(O)C(=O)N(c3ccc(-c4ccon4)cn3)C2C2CCCCC2)cn1. The molecule has 3 aromatic heterocycles. The lowest BCUT2D eigenvalue weighted by atomic mass is 9.79. The van der Waals surface area contributed by atoms with Crippen molar-refractivity contribution in [3.63, 3.8) is 0 Å². The number of rotatable bonds is 6. The van der Waals surface area contributed by atoms with Gasteiger partial charge in [0, 0.05) is 35.7 Å². The number of aliphatic hydroxyl groups is 1. The summed E-state index contributed by atoms with van der Waals surface area (Å²) in [7, 11) is 1.49. The number of carbonyl (C=O) groups excluding carboxylic acids is 2. The Balaban J connectivity index is 1.53. The van der Waals surface area contributed by atoms with Crippen LogP contribution in [0, 0.1) is 5.92 Å². The third-order valence-electron chi connectivity index (χ3n) is 6.53. The van der Waals surface area contributed by atoms with Crippen molar-refractivity contribution in [2.45, 2.75) is 38.1 Å². The van der Waals surface area contributed by atoms with E-state index in [0.717, 1.165) is 37.7 Å². The predicted octanol–water partition coefficient (Wildman–Crippen LogP) is 4.13. The molecule has 1 unspecified atom stereocenters. The van der Waals surface area contributed by atoms with E-state index in [4.69, 9.17) is 9.26 Å². The van der Waals surface area contributed by atoms with Crippen molar-refractivity contribution in [3.05, 3.63) is 65.9 Å². The second-order valence-electron chi connectivity index (χ2n) is 8.49. The van der Waals surface area contributed by atoms with Crippen LogP contribution in [0.5, 0.6) is 5.88 Å². The molecule has 2 aliphatic rings. The first-order chi connectivity index (χ1) is 16.6. The normalized spacial score (nSPS) is 19.0. The number of ether oxygens (including phenoxy) is 1. The summed E-state index contributed by atoms with van der Waals surface area (Å²) in [6.07, 6.45) is 9.32. The third kappa shape index (κ3) is 3.83. The van der Waals surface area contributed by atoms with Gasteiger partial charge >= 0.3 is 0 Å². The second-order valence-corrected chi connectivity index (χ2v) is 8.49. The quantitative estimate of drug-likeness (QED) is 0.546. The first-order valence-electron chi connectivity index (χ1n) is 11.3. The van der Waals surface area contributed by atoms with Gasteiger partial charge in [-0.15, -0.1) is 0 Å². The summed E-state index contributed by atoms with van der Waals surface area (Å²) < 4.78 is 9.97. The van der Waals surface area contributed by atoms with E-state index in [1.165, 1.54) is 24.5 Å². The van der Waals surface area contributed by atoms with Gasteiger partial charge in [0.15, 0.2) is 11.5 Å². The van der Waals surface area contributed by atoms with Crippen LogP contribution in [0.3, 0.4) is 0 Å². The number of ketones is 1. The zero-order chi connectivity index (χ0) is 23.7. The molecule has 9 nitrogen and oxygen atoms in total. The summed E-state index contributed by atoms with van der Waals surface area (Å²) in [4.78, 5) is 36.9. The Morgan fingerprint density at radius 1 is 1.09 bits per heavy atom. The first-order valence-corrected chi connectivity index (χ1v) is 11.3. The van der Waals surface area contributed by atoms with Crippen molar-refractivity contribution in [3.8, 4) is 17.1 Å². The van der Waals surface area contributed by atoms with E-state index in [-0.39, 0.29) is 17.1 Å². The van der Waals surface area contributed by atoms with E-state index < -0.39 is 23.5 Å². The molecule has 1 saturated carbocycles. The monoisotopic (exact) mass is 460 g/mol. The number of anilines is 1. The van der Waals surface area contributed by atoms with Crippen LogP contribution >= 0.6 is 0 Å². The highest BCUT2D eigenvalue weighted by Crippen LogP contribution is 2.40. The number of aromatic nitrogens is 3. The third-order valence-corrected chi connectivity index (χ3v) is 6.53. The molecule has 1 N–H and O–H groups in total. The van der Waals surface area contributed by atoms with Crippen LogP contribution in [0.4, 0.5) is 5.82 Å². The molecule has 34 heavy (non-hydrogen) atoms. The Morgan fingerprint density at radius 3 is 2.53 bits per heavy atom. The fourth-order valence-electron chi connectivity index (χ4n) is 4.84. The van der Waals surface area contributed by atoms with Gasteiger partial charge in [0.2, 0.25) is 5.88 Å². The van der Waals surface area contributed by atoms with E-state index in [1.54, 1.807) is 36.5 Å². The zero-order valence-electron chi connectivity index (χ0n) is 18.7. The summed E-state index contributed by atoms with van der Waals surface area (Å²) in [5, 5.41) is 14.8.